The normalized spacial score (nSPS) is 19.3. The number of amidine groups is 1. The fourth-order valence-corrected chi connectivity index (χ4v) is 6.51. The van der Waals surface area contributed by atoms with E-state index in [0.717, 1.165) is 62.7 Å². The Labute approximate surface area is 261 Å². The molecule has 9 nitrogen and oxygen atoms in total. The van der Waals surface area contributed by atoms with E-state index in [2.05, 4.69) is 20.6 Å². The van der Waals surface area contributed by atoms with Crippen LogP contribution in [0.1, 0.15) is 75.6 Å². The van der Waals surface area contributed by atoms with Gasteiger partial charge in [-0.05, 0) is 107 Å². The molecule has 4 aromatic rings. The maximum absolute atomic E-state index is 15.2. The molecule has 1 aromatic carbocycles. The molecule has 11 heteroatoms. The van der Waals surface area contributed by atoms with E-state index in [-0.39, 0.29) is 17.1 Å². The van der Waals surface area contributed by atoms with Gasteiger partial charge in [0.15, 0.2) is 5.82 Å². The molecule has 0 unspecified atom stereocenters. The van der Waals surface area contributed by atoms with E-state index < -0.39 is 11.5 Å². The Bertz CT molecular complexity index is 1700. The Balaban J connectivity index is 1.18. The van der Waals surface area contributed by atoms with Gasteiger partial charge in [0.1, 0.15) is 5.65 Å². The van der Waals surface area contributed by atoms with Crippen molar-refractivity contribution < 1.29 is 4.39 Å². The number of benzene rings is 1. The molecule has 232 valence electrons. The largest absolute Gasteiger partial charge is 0.374 e. The zero-order valence-electron chi connectivity index (χ0n) is 25.0. The minimum Gasteiger partial charge on any atom is -0.374 e. The number of rotatable bonds is 11. The molecule has 3 atom stereocenters. The van der Waals surface area contributed by atoms with Crippen molar-refractivity contribution in [2.24, 2.45) is 11.7 Å². The second-order valence-corrected chi connectivity index (χ2v) is 12.7. The minimum absolute atomic E-state index is 0.0678. The van der Waals surface area contributed by atoms with Gasteiger partial charge in [0.25, 0.3) is 0 Å². The Hall–Kier alpha value is -3.60. The van der Waals surface area contributed by atoms with Crippen LogP contribution in [-0.4, -0.2) is 44.0 Å². The second-order valence-electron chi connectivity index (χ2n) is 12.3. The second kappa shape index (κ2) is 13.2. The summed E-state index contributed by atoms with van der Waals surface area (Å²) in [5.74, 6) is 0.628. The summed E-state index contributed by atoms with van der Waals surface area (Å²) in [5.41, 5.74) is 9.53. The van der Waals surface area contributed by atoms with Gasteiger partial charge in [-0.15, -0.1) is 0 Å². The van der Waals surface area contributed by atoms with Crippen molar-refractivity contribution in [1.82, 2.24) is 30.2 Å². The molecule has 0 bridgehead atoms. The number of nitrogens with one attached hydrogen (secondary N) is 4. The Morgan fingerprint density at radius 1 is 1.25 bits per heavy atom. The van der Waals surface area contributed by atoms with Gasteiger partial charge in [-0.3, -0.25) is 15.0 Å². The monoisotopic (exact) mass is 618 g/mol. The van der Waals surface area contributed by atoms with Gasteiger partial charge in [0, 0.05) is 41.8 Å². The van der Waals surface area contributed by atoms with E-state index in [4.69, 9.17) is 27.7 Å². The fourth-order valence-electron chi connectivity index (χ4n) is 6.27. The zero-order chi connectivity index (χ0) is 30.8. The van der Waals surface area contributed by atoms with Crippen LogP contribution < -0.4 is 22.1 Å². The van der Waals surface area contributed by atoms with E-state index >= 15 is 4.39 Å². The van der Waals surface area contributed by atoms with Crippen LogP contribution >= 0.6 is 11.6 Å². The van der Waals surface area contributed by atoms with Crippen LogP contribution in [0.4, 0.5) is 4.39 Å². The van der Waals surface area contributed by atoms with Crippen molar-refractivity contribution in [2.45, 2.75) is 82.8 Å². The van der Waals surface area contributed by atoms with Crippen molar-refractivity contribution in [2.75, 3.05) is 6.54 Å². The Kier molecular flexibility index (Phi) is 9.11. The Morgan fingerprint density at radius 2 is 2.09 bits per heavy atom. The number of fused-ring (bicyclic) bond motifs is 1. The summed E-state index contributed by atoms with van der Waals surface area (Å²) in [4.78, 5) is 25.1. The summed E-state index contributed by atoms with van der Waals surface area (Å²) >= 11 is 6.31. The summed E-state index contributed by atoms with van der Waals surface area (Å²) in [6.45, 7) is 2.52. The average Bonchev–Trinajstić information content (AvgIpc) is 3.78. The third-order valence-electron chi connectivity index (χ3n) is 8.89. The van der Waals surface area contributed by atoms with E-state index in [0.29, 0.717) is 45.8 Å². The maximum atomic E-state index is 15.2. The first-order chi connectivity index (χ1) is 21.2. The number of H-pyrrole nitrogens is 1. The van der Waals surface area contributed by atoms with E-state index in [1.54, 1.807) is 31.5 Å². The lowest BCUT2D eigenvalue weighted by atomic mass is 9.94. The number of piperidine rings is 1. The predicted molar refractivity (Wildman–Crippen MR) is 173 cm³/mol. The molecule has 6 rings (SSSR count). The third kappa shape index (κ3) is 7.03. The molecular weight excluding hydrogens is 579 g/mol. The van der Waals surface area contributed by atoms with Crippen molar-refractivity contribution in [1.29, 1.82) is 5.41 Å². The molecule has 2 aliphatic rings. The number of nitrogens with zero attached hydrogens (tertiary/aromatic N) is 3. The fraction of sp³-hybridized carbons (Fsp3) is 0.455. The number of hydrogen-bond donors (Lipinski definition) is 5. The van der Waals surface area contributed by atoms with Crippen LogP contribution in [0.2, 0.25) is 5.02 Å². The minimum atomic E-state index is -0.508. The highest BCUT2D eigenvalue weighted by molar-refractivity contribution is 6.31. The third-order valence-corrected chi connectivity index (χ3v) is 9.16. The van der Waals surface area contributed by atoms with Crippen molar-refractivity contribution in [3.63, 3.8) is 0 Å². The first kappa shape index (κ1) is 30.4. The number of hydrogen-bond acceptors (Lipinski definition) is 6. The lowest BCUT2D eigenvalue weighted by Gasteiger charge is -2.31. The number of aryl methyl sites for hydroxylation is 1. The van der Waals surface area contributed by atoms with Crippen LogP contribution in [0.15, 0.2) is 47.5 Å². The molecule has 3 aromatic heterocycles. The van der Waals surface area contributed by atoms with Crippen molar-refractivity contribution >= 4 is 28.5 Å². The molecule has 6 N–H and O–H groups in total. The highest BCUT2D eigenvalue weighted by Gasteiger charge is 2.28. The number of aromatic nitrogens is 4. The van der Waals surface area contributed by atoms with E-state index in [1.807, 2.05) is 18.2 Å². The molecule has 1 aliphatic carbocycles. The van der Waals surface area contributed by atoms with Crippen LogP contribution in [0.3, 0.4) is 0 Å². The van der Waals surface area contributed by atoms with Crippen LogP contribution in [0, 0.1) is 17.1 Å². The van der Waals surface area contributed by atoms with Crippen LogP contribution in [-0.2, 0) is 6.42 Å². The van der Waals surface area contributed by atoms with Gasteiger partial charge < -0.3 is 21.4 Å². The molecule has 2 fully saturated rings. The highest BCUT2D eigenvalue weighted by Crippen LogP contribution is 2.34. The lowest BCUT2D eigenvalue weighted by molar-refractivity contribution is 0.308. The molecule has 0 radical (unpaired) electrons. The number of pyridine rings is 1. The van der Waals surface area contributed by atoms with Gasteiger partial charge in [-0.1, -0.05) is 11.6 Å². The summed E-state index contributed by atoms with van der Waals surface area (Å²) in [6.07, 6.45) is 12.6. The molecule has 0 amide bonds. The average molecular weight is 619 g/mol. The SMILES string of the molecule is CC(=N)NCC[C@@H]1CCC[C@@H](c2ccc(-n3cc4cc(-c5cc(CCC[C@@H](N)C6CC6)cc(Cl)c5F)[nH]c4nc3=O)cn2)N1. The van der Waals surface area contributed by atoms with E-state index in [1.165, 1.54) is 17.4 Å². The van der Waals surface area contributed by atoms with Crippen molar-refractivity contribution in [3.8, 4) is 16.9 Å². The predicted octanol–water partition coefficient (Wildman–Crippen LogP) is 5.79. The summed E-state index contributed by atoms with van der Waals surface area (Å²) in [6, 6.07) is 9.87. The van der Waals surface area contributed by atoms with Crippen molar-refractivity contribution in [3.05, 3.63) is 75.3 Å². The van der Waals surface area contributed by atoms with Gasteiger partial charge >= 0.3 is 5.69 Å². The Morgan fingerprint density at radius 3 is 2.84 bits per heavy atom. The van der Waals surface area contributed by atoms with Crippen LogP contribution in [0.5, 0.6) is 0 Å². The zero-order valence-corrected chi connectivity index (χ0v) is 25.8. The molecule has 44 heavy (non-hydrogen) atoms. The number of nitrogens with two attached hydrogens (primary N) is 1. The first-order valence-corrected chi connectivity index (χ1v) is 16.0. The summed E-state index contributed by atoms with van der Waals surface area (Å²) in [7, 11) is 0. The topological polar surface area (TPSA) is 138 Å². The quantitative estimate of drug-likeness (QED) is 0.107. The smallest absolute Gasteiger partial charge is 0.354 e. The molecular formula is C33H40ClFN8O. The van der Waals surface area contributed by atoms with Gasteiger partial charge in [-0.2, -0.15) is 4.98 Å². The first-order valence-electron chi connectivity index (χ1n) is 15.6. The standard InChI is InChI=1S/C33H40ClFN8O/c1-19(36)38-13-12-23-5-3-7-29(40-23)28-11-10-24(17-39-28)43-18-22-16-30(41-32(22)42-33(43)44)25-14-20(15-26(34)31(25)35)4-2-6-27(37)21-8-9-21/h10-11,14-18,21,23,27,29,40H,2-9,12-13,37H2,1H3,(H2,36,38)(H,41,42,44)/t23-,27+,29-/m0/s1. The van der Waals surface area contributed by atoms with Crippen LogP contribution in [0.25, 0.3) is 28.0 Å². The van der Waals surface area contributed by atoms with Gasteiger partial charge in [-0.25, -0.2) is 9.18 Å². The number of aromatic amines is 1. The summed E-state index contributed by atoms with van der Waals surface area (Å²) in [5, 5.41) is 15.1. The molecule has 1 aliphatic heterocycles. The molecule has 1 saturated carbocycles. The molecule has 1 saturated heterocycles. The lowest BCUT2D eigenvalue weighted by Crippen LogP contribution is -2.39. The highest BCUT2D eigenvalue weighted by atomic mass is 35.5. The van der Waals surface area contributed by atoms with E-state index in [9.17, 15) is 4.79 Å². The van der Waals surface area contributed by atoms with Gasteiger partial charge in [0.05, 0.1) is 34.1 Å². The molecule has 0 spiro atoms. The number of halogens is 2. The maximum Gasteiger partial charge on any atom is 0.354 e. The molecule has 4 heterocycles. The van der Waals surface area contributed by atoms with Gasteiger partial charge in [0.2, 0.25) is 0 Å². The summed E-state index contributed by atoms with van der Waals surface area (Å²) < 4.78 is 16.7.